The first-order valence-corrected chi connectivity index (χ1v) is 7.34. The monoisotopic (exact) mass is 314 g/mol. The van der Waals surface area contributed by atoms with Crippen LogP contribution in [0.1, 0.15) is 31.2 Å². The van der Waals surface area contributed by atoms with E-state index in [0.717, 1.165) is 37.4 Å². The van der Waals surface area contributed by atoms with Gasteiger partial charge in [-0.1, -0.05) is 6.07 Å². The van der Waals surface area contributed by atoms with Crippen molar-refractivity contribution < 1.29 is 4.39 Å². The maximum absolute atomic E-state index is 13.3. The molecule has 4 heteroatoms. The molecule has 0 bridgehead atoms. The Hall–Kier alpha value is -0.450. The zero-order chi connectivity index (χ0) is 13.0. The third-order valence-electron chi connectivity index (χ3n) is 3.64. The number of hydrogen-bond donors (Lipinski definition) is 2. The van der Waals surface area contributed by atoms with Crippen LogP contribution in [0.4, 0.5) is 4.39 Å². The molecule has 0 atom stereocenters. The second-order valence-corrected chi connectivity index (χ2v) is 6.01. The number of benzene rings is 1. The minimum atomic E-state index is -0.196. The third kappa shape index (κ3) is 4.04. The molecule has 1 fully saturated rings. The Labute approximate surface area is 116 Å². The molecule has 0 unspecified atom stereocenters. The third-order valence-corrected chi connectivity index (χ3v) is 4.28. The van der Waals surface area contributed by atoms with Crippen molar-refractivity contribution in [1.82, 2.24) is 5.32 Å². The summed E-state index contributed by atoms with van der Waals surface area (Å²) >= 11 is 3.16. The minimum absolute atomic E-state index is 0.196. The zero-order valence-corrected chi connectivity index (χ0v) is 12.0. The highest BCUT2D eigenvalue weighted by Gasteiger charge is 2.17. The van der Waals surface area contributed by atoms with Gasteiger partial charge in [0.25, 0.3) is 0 Å². The number of hydrogen-bond acceptors (Lipinski definition) is 2. The Morgan fingerprint density at radius 2 is 2.00 bits per heavy atom. The summed E-state index contributed by atoms with van der Waals surface area (Å²) in [6, 6.07) is 5.68. The molecule has 18 heavy (non-hydrogen) atoms. The summed E-state index contributed by atoms with van der Waals surface area (Å²) in [4.78, 5) is 0. The van der Waals surface area contributed by atoms with Crippen molar-refractivity contribution in [2.45, 2.75) is 38.3 Å². The Morgan fingerprint density at radius 3 is 2.67 bits per heavy atom. The molecule has 0 spiro atoms. The number of rotatable bonds is 4. The lowest BCUT2D eigenvalue weighted by Gasteiger charge is -2.26. The van der Waals surface area contributed by atoms with Gasteiger partial charge in [-0.15, -0.1) is 0 Å². The molecule has 0 aromatic heterocycles. The first-order chi connectivity index (χ1) is 8.65. The fraction of sp³-hybridized carbons (Fsp3) is 0.571. The Kier molecular flexibility index (Phi) is 5.15. The number of nitrogens with two attached hydrogens (primary N) is 1. The van der Waals surface area contributed by atoms with Crippen LogP contribution < -0.4 is 11.1 Å². The molecule has 1 aliphatic carbocycles. The first-order valence-electron chi connectivity index (χ1n) is 6.55. The molecular weight excluding hydrogens is 295 g/mol. The van der Waals surface area contributed by atoms with Gasteiger partial charge in [-0.3, -0.25) is 0 Å². The number of nitrogens with one attached hydrogen (secondary N) is 1. The van der Waals surface area contributed by atoms with Crippen molar-refractivity contribution in [2.24, 2.45) is 11.7 Å². The van der Waals surface area contributed by atoms with Gasteiger partial charge in [-0.2, -0.15) is 0 Å². The van der Waals surface area contributed by atoms with E-state index in [0.29, 0.717) is 10.5 Å². The fourth-order valence-electron chi connectivity index (χ4n) is 2.46. The maximum atomic E-state index is 13.3. The van der Waals surface area contributed by atoms with Crippen LogP contribution in [-0.4, -0.2) is 12.6 Å². The molecule has 0 heterocycles. The van der Waals surface area contributed by atoms with Crippen molar-refractivity contribution in [3.63, 3.8) is 0 Å². The standard InChI is InChI=1S/C14H20BrFN2/c15-13-6-3-11(7-14(13)16)9-18-8-10-1-4-12(17)5-2-10/h3,6-7,10,12,18H,1-2,4-5,8-9,17H2/t10-,12-. The number of halogens is 2. The molecule has 0 radical (unpaired) electrons. The van der Waals surface area contributed by atoms with Crippen LogP contribution in [0, 0.1) is 11.7 Å². The Morgan fingerprint density at radius 1 is 1.28 bits per heavy atom. The van der Waals surface area contributed by atoms with Crippen LogP contribution in [0.3, 0.4) is 0 Å². The van der Waals surface area contributed by atoms with E-state index in [1.165, 1.54) is 12.8 Å². The van der Waals surface area contributed by atoms with Crippen molar-refractivity contribution in [3.8, 4) is 0 Å². The van der Waals surface area contributed by atoms with E-state index in [9.17, 15) is 4.39 Å². The lowest BCUT2D eigenvalue weighted by Crippen LogP contribution is -2.31. The van der Waals surface area contributed by atoms with Crippen LogP contribution in [0.25, 0.3) is 0 Å². The second kappa shape index (κ2) is 6.64. The molecule has 0 aliphatic heterocycles. The summed E-state index contributed by atoms with van der Waals surface area (Å²) in [7, 11) is 0. The Balaban J connectivity index is 1.73. The average Bonchev–Trinajstić information content (AvgIpc) is 2.36. The maximum Gasteiger partial charge on any atom is 0.137 e. The van der Waals surface area contributed by atoms with E-state index in [2.05, 4.69) is 21.2 Å². The zero-order valence-electron chi connectivity index (χ0n) is 10.5. The normalized spacial score (nSPS) is 24.2. The van der Waals surface area contributed by atoms with Gasteiger partial charge in [-0.25, -0.2) is 4.39 Å². The van der Waals surface area contributed by atoms with E-state index in [1.54, 1.807) is 12.1 Å². The summed E-state index contributed by atoms with van der Waals surface area (Å²) in [5, 5.41) is 3.41. The molecule has 1 saturated carbocycles. The van der Waals surface area contributed by atoms with Crippen molar-refractivity contribution >= 4 is 15.9 Å². The molecule has 2 rings (SSSR count). The van der Waals surface area contributed by atoms with E-state index in [4.69, 9.17) is 5.73 Å². The van der Waals surface area contributed by atoms with Gasteiger partial charge in [0, 0.05) is 12.6 Å². The van der Waals surface area contributed by atoms with Crippen LogP contribution in [0.2, 0.25) is 0 Å². The summed E-state index contributed by atoms with van der Waals surface area (Å²) in [6.07, 6.45) is 4.70. The highest BCUT2D eigenvalue weighted by Crippen LogP contribution is 2.22. The lowest BCUT2D eigenvalue weighted by atomic mass is 9.86. The molecule has 100 valence electrons. The summed E-state index contributed by atoms with van der Waals surface area (Å²) in [5.74, 6) is 0.531. The fourth-order valence-corrected chi connectivity index (χ4v) is 2.71. The van der Waals surface area contributed by atoms with Gasteiger partial charge in [0.1, 0.15) is 5.82 Å². The molecular formula is C14H20BrFN2. The van der Waals surface area contributed by atoms with Crippen LogP contribution in [-0.2, 0) is 6.54 Å². The van der Waals surface area contributed by atoms with Gasteiger partial charge >= 0.3 is 0 Å². The van der Waals surface area contributed by atoms with Crippen LogP contribution in [0.15, 0.2) is 22.7 Å². The smallest absolute Gasteiger partial charge is 0.137 e. The van der Waals surface area contributed by atoms with E-state index in [1.807, 2.05) is 6.07 Å². The molecule has 1 aromatic carbocycles. The van der Waals surface area contributed by atoms with Crippen molar-refractivity contribution in [2.75, 3.05) is 6.54 Å². The Bertz CT molecular complexity index is 389. The second-order valence-electron chi connectivity index (χ2n) is 5.16. The van der Waals surface area contributed by atoms with Gasteiger partial charge in [0.05, 0.1) is 4.47 Å². The van der Waals surface area contributed by atoms with Gasteiger partial charge in [-0.05, 0) is 71.8 Å². The average molecular weight is 315 g/mol. The van der Waals surface area contributed by atoms with Crippen molar-refractivity contribution in [1.29, 1.82) is 0 Å². The lowest BCUT2D eigenvalue weighted by molar-refractivity contribution is 0.314. The molecule has 1 aliphatic rings. The van der Waals surface area contributed by atoms with E-state index >= 15 is 0 Å². The SMILES string of the molecule is N[C@H]1CC[C@H](CNCc2ccc(Br)c(F)c2)CC1. The van der Waals surface area contributed by atoms with E-state index < -0.39 is 0 Å². The van der Waals surface area contributed by atoms with E-state index in [-0.39, 0.29) is 5.82 Å². The molecule has 0 amide bonds. The van der Waals surface area contributed by atoms with Gasteiger partial charge in [0.2, 0.25) is 0 Å². The first kappa shape index (κ1) is 14.0. The molecule has 0 saturated heterocycles. The topological polar surface area (TPSA) is 38.0 Å². The van der Waals surface area contributed by atoms with Crippen molar-refractivity contribution in [3.05, 3.63) is 34.1 Å². The largest absolute Gasteiger partial charge is 0.328 e. The van der Waals surface area contributed by atoms with Crippen LogP contribution >= 0.6 is 15.9 Å². The molecule has 2 nitrogen and oxygen atoms in total. The van der Waals surface area contributed by atoms with Crippen LogP contribution in [0.5, 0.6) is 0 Å². The minimum Gasteiger partial charge on any atom is -0.328 e. The van der Waals surface area contributed by atoms with Gasteiger partial charge in [0.15, 0.2) is 0 Å². The predicted molar refractivity (Wildman–Crippen MR) is 75.7 cm³/mol. The predicted octanol–water partition coefficient (Wildman–Crippen LogP) is 3.20. The quantitative estimate of drug-likeness (QED) is 0.895. The highest BCUT2D eigenvalue weighted by atomic mass is 79.9. The summed E-state index contributed by atoms with van der Waals surface area (Å²) in [5.41, 5.74) is 6.87. The molecule has 3 N–H and O–H groups in total. The summed E-state index contributed by atoms with van der Waals surface area (Å²) < 4.78 is 13.8. The molecule has 1 aromatic rings. The summed E-state index contributed by atoms with van der Waals surface area (Å²) in [6.45, 7) is 1.73. The highest BCUT2D eigenvalue weighted by molar-refractivity contribution is 9.10. The van der Waals surface area contributed by atoms with Gasteiger partial charge < -0.3 is 11.1 Å².